The second-order valence-electron chi connectivity index (χ2n) is 5.30. The predicted octanol–water partition coefficient (Wildman–Crippen LogP) is 1.85. The van der Waals surface area contributed by atoms with Gasteiger partial charge in [-0.15, -0.1) is 0 Å². The van der Waals surface area contributed by atoms with Crippen LogP contribution in [0, 0.1) is 12.8 Å². The van der Waals surface area contributed by atoms with Gasteiger partial charge in [0.15, 0.2) is 5.92 Å². The van der Waals surface area contributed by atoms with Gasteiger partial charge < -0.3 is 14.6 Å². The summed E-state index contributed by atoms with van der Waals surface area (Å²) in [4.78, 5) is 38.5. The number of ether oxygens (including phenoxy) is 2. The fourth-order valence-electron chi connectivity index (χ4n) is 1.94. The maximum absolute atomic E-state index is 11.8. The highest BCUT2D eigenvalue weighted by Gasteiger charge is 2.42. The number of carbonyl (C=O) groups excluding carboxylic acids is 2. The van der Waals surface area contributed by atoms with Crippen molar-refractivity contribution in [1.82, 2.24) is 0 Å². The first-order chi connectivity index (χ1) is 10.2. The van der Waals surface area contributed by atoms with E-state index in [2.05, 4.69) is 4.99 Å². The number of carboxylic acids is 1. The molecule has 0 bridgehead atoms. The Hall–Kier alpha value is -2.70. The van der Waals surface area contributed by atoms with E-state index in [0.29, 0.717) is 11.3 Å². The molecule has 7 heteroatoms. The van der Waals surface area contributed by atoms with Gasteiger partial charge in [-0.05, 0) is 30.7 Å². The molecule has 1 N–H and O–H groups in total. The number of carbonyl (C=O) groups is 3. The predicted molar refractivity (Wildman–Crippen MR) is 76.0 cm³/mol. The Kier molecular flexibility index (Phi) is 3.99. The minimum absolute atomic E-state index is 0.134. The first kappa shape index (κ1) is 15.7. The highest BCUT2D eigenvalue weighted by molar-refractivity contribution is 6.10. The molecule has 0 atom stereocenters. The van der Waals surface area contributed by atoms with E-state index in [1.165, 1.54) is 32.0 Å². The van der Waals surface area contributed by atoms with Crippen LogP contribution in [0.15, 0.2) is 23.2 Å². The summed E-state index contributed by atoms with van der Waals surface area (Å²) in [5.41, 5.74) is 1.19. The van der Waals surface area contributed by atoms with Crippen molar-refractivity contribution in [2.24, 2.45) is 10.9 Å². The Morgan fingerprint density at radius 2 is 1.86 bits per heavy atom. The highest BCUT2D eigenvalue weighted by atomic mass is 16.7. The summed E-state index contributed by atoms with van der Waals surface area (Å²) < 4.78 is 9.95. The third-order valence-electron chi connectivity index (χ3n) is 3.01. The maximum atomic E-state index is 11.8. The van der Waals surface area contributed by atoms with Crippen LogP contribution in [0.3, 0.4) is 0 Å². The summed E-state index contributed by atoms with van der Waals surface area (Å²) in [5.74, 6) is -5.01. The molecule has 1 aromatic rings. The number of hydrogen-bond donors (Lipinski definition) is 1. The molecule has 1 aromatic carbocycles. The lowest BCUT2D eigenvalue weighted by Crippen LogP contribution is -2.46. The van der Waals surface area contributed by atoms with Crippen molar-refractivity contribution in [3.8, 4) is 0 Å². The van der Waals surface area contributed by atoms with E-state index in [-0.39, 0.29) is 5.56 Å². The molecular weight excluding hydrogens is 290 g/mol. The van der Waals surface area contributed by atoms with Gasteiger partial charge in [-0.3, -0.25) is 14.6 Å². The first-order valence-corrected chi connectivity index (χ1v) is 6.53. The van der Waals surface area contributed by atoms with Gasteiger partial charge in [-0.25, -0.2) is 4.79 Å². The molecule has 0 unspecified atom stereocenters. The number of esters is 2. The van der Waals surface area contributed by atoms with Crippen LogP contribution in [0.5, 0.6) is 0 Å². The molecule has 2 rings (SSSR count). The molecule has 1 aliphatic rings. The third-order valence-corrected chi connectivity index (χ3v) is 3.01. The van der Waals surface area contributed by atoms with Crippen molar-refractivity contribution in [2.75, 3.05) is 0 Å². The summed E-state index contributed by atoms with van der Waals surface area (Å²) in [7, 11) is 0. The lowest BCUT2D eigenvalue weighted by Gasteiger charge is -2.31. The van der Waals surface area contributed by atoms with E-state index in [1.807, 2.05) is 0 Å². The Balaban J connectivity index is 2.20. The number of benzene rings is 1. The second-order valence-corrected chi connectivity index (χ2v) is 5.30. The van der Waals surface area contributed by atoms with Crippen LogP contribution in [0.4, 0.5) is 5.69 Å². The highest BCUT2D eigenvalue weighted by Crippen LogP contribution is 2.24. The molecule has 1 heterocycles. The zero-order valence-corrected chi connectivity index (χ0v) is 12.3. The molecule has 1 saturated heterocycles. The van der Waals surface area contributed by atoms with E-state index >= 15 is 0 Å². The van der Waals surface area contributed by atoms with Crippen LogP contribution in [-0.2, 0) is 19.1 Å². The molecule has 0 saturated carbocycles. The molecule has 7 nitrogen and oxygen atoms in total. The number of hydrogen-bond acceptors (Lipinski definition) is 6. The minimum atomic E-state index is -1.28. The first-order valence-electron chi connectivity index (χ1n) is 6.53. The van der Waals surface area contributed by atoms with Gasteiger partial charge in [0.05, 0.1) is 11.3 Å². The average molecular weight is 305 g/mol. The smallest absolute Gasteiger partial charge is 0.335 e. The fraction of sp³-hybridized carbons (Fsp3) is 0.333. The zero-order valence-electron chi connectivity index (χ0n) is 12.3. The van der Waals surface area contributed by atoms with Crippen LogP contribution in [0.1, 0.15) is 29.8 Å². The van der Waals surface area contributed by atoms with Crippen molar-refractivity contribution in [3.05, 3.63) is 29.3 Å². The number of carboxylic acid groups (broad SMARTS) is 1. The normalized spacial score (nSPS) is 18.1. The van der Waals surface area contributed by atoms with Crippen LogP contribution >= 0.6 is 0 Å². The largest absolute Gasteiger partial charge is 0.478 e. The van der Waals surface area contributed by atoms with Crippen LogP contribution < -0.4 is 0 Å². The molecule has 0 aliphatic carbocycles. The summed E-state index contributed by atoms with van der Waals surface area (Å²) in [6, 6.07) is 4.34. The molecule has 0 spiro atoms. The summed E-state index contributed by atoms with van der Waals surface area (Å²) in [6.45, 7) is 4.61. The van der Waals surface area contributed by atoms with Crippen LogP contribution in [0.25, 0.3) is 0 Å². The average Bonchev–Trinajstić information content (AvgIpc) is 2.37. The van der Waals surface area contributed by atoms with Gasteiger partial charge in [-0.2, -0.15) is 0 Å². The number of aliphatic imine (C=N–C) groups is 1. The van der Waals surface area contributed by atoms with E-state index in [1.54, 1.807) is 6.92 Å². The van der Waals surface area contributed by atoms with E-state index < -0.39 is 29.6 Å². The minimum Gasteiger partial charge on any atom is -0.478 e. The molecule has 116 valence electrons. The summed E-state index contributed by atoms with van der Waals surface area (Å²) >= 11 is 0. The zero-order chi connectivity index (χ0) is 16.5. The van der Waals surface area contributed by atoms with Gasteiger partial charge in [0.25, 0.3) is 5.79 Å². The number of cyclic esters (lactones) is 2. The number of aromatic carboxylic acids is 1. The standard InChI is InChI=1S/C15H15NO6/c1-8-6-9(12(17)18)4-5-11(8)16-7-10-13(19)21-15(2,3)22-14(10)20/h4-7,10H,1-3H3,(H,17,18). The second kappa shape index (κ2) is 5.59. The van der Waals surface area contributed by atoms with Gasteiger partial charge >= 0.3 is 17.9 Å². The Bertz CT molecular complexity index is 657. The quantitative estimate of drug-likeness (QED) is 0.519. The van der Waals surface area contributed by atoms with Crippen molar-refractivity contribution in [1.29, 1.82) is 0 Å². The van der Waals surface area contributed by atoms with Gasteiger partial charge in [0.1, 0.15) is 0 Å². The van der Waals surface area contributed by atoms with Crippen molar-refractivity contribution in [3.63, 3.8) is 0 Å². The SMILES string of the molecule is Cc1cc(C(=O)O)ccc1N=CC1C(=O)OC(C)(C)OC1=O. The molecule has 22 heavy (non-hydrogen) atoms. The van der Waals surface area contributed by atoms with Crippen molar-refractivity contribution >= 4 is 29.8 Å². The van der Waals surface area contributed by atoms with Gasteiger partial charge in [-0.1, -0.05) is 0 Å². The lowest BCUT2D eigenvalue weighted by molar-refractivity contribution is -0.235. The van der Waals surface area contributed by atoms with Crippen LogP contribution in [0.2, 0.25) is 0 Å². The number of nitrogens with zero attached hydrogens (tertiary/aromatic N) is 1. The molecule has 0 amide bonds. The Morgan fingerprint density at radius 3 is 2.36 bits per heavy atom. The third kappa shape index (κ3) is 3.30. The Morgan fingerprint density at radius 1 is 1.27 bits per heavy atom. The maximum Gasteiger partial charge on any atom is 0.335 e. The van der Waals surface area contributed by atoms with E-state index in [9.17, 15) is 14.4 Å². The molecule has 1 aliphatic heterocycles. The summed E-state index contributed by atoms with van der Waals surface area (Å²) in [5, 5.41) is 8.89. The molecule has 0 aromatic heterocycles. The van der Waals surface area contributed by atoms with Crippen molar-refractivity contribution in [2.45, 2.75) is 26.6 Å². The van der Waals surface area contributed by atoms with Crippen molar-refractivity contribution < 1.29 is 29.0 Å². The molecular formula is C15H15NO6. The van der Waals surface area contributed by atoms with Gasteiger partial charge in [0.2, 0.25) is 0 Å². The van der Waals surface area contributed by atoms with Crippen LogP contribution in [-0.4, -0.2) is 35.0 Å². The molecule has 1 fully saturated rings. The van der Waals surface area contributed by atoms with E-state index in [0.717, 1.165) is 6.21 Å². The summed E-state index contributed by atoms with van der Waals surface area (Å²) in [6.07, 6.45) is 1.14. The van der Waals surface area contributed by atoms with E-state index in [4.69, 9.17) is 14.6 Å². The fourth-order valence-corrected chi connectivity index (χ4v) is 1.94. The number of rotatable bonds is 3. The topological polar surface area (TPSA) is 102 Å². The molecule has 0 radical (unpaired) electrons. The van der Waals surface area contributed by atoms with Gasteiger partial charge in [0, 0.05) is 20.1 Å². The monoisotopic (exact) mass is 305 g/mol. The lowest BCUT2D eigenvalue weighted by atomic mass is 10.1. The number of aryl methyl sites for hydroxylation is 1. The Labute approximate surface area is 126 Å².